The summed E-state index contributed by atoms with van der Waals surface area (Å²) in [5.41, 5.74) is 1.43. The third-order valence-corrected chi connectivity index (χ3v) is 5.19. The Morgan fingerprint density at radius 2 is 1.68 bits per heavy atom. The van der Waals surface area contributed by atoms with Crippen molar-refractivity contribution in [3.63, 3.8) is 0 Å². The number of halogens is 2. The molecule has 0 unspecified atom stereocenters. The molecule has 0 bridgehead atoms. The highest BCUT2D eigenvalue weighted by atomic mass is 32.2. The van der Waals surface area contributed by atoms with E-state index in [4.69, 9.17) is 0 Å². The van der Waals surface area contributed by atoms with Crippen LogP contribution < -0.4 is 5.32 Å². The molecule has 25 heavy (non-hydrogen) atoms. The van der Waals surface area contributed by atoms with Crippen molar-refractivity contribution in [1.29, 1.82) is 0 Å². The largest absolute Gasteiger partial charge is 0.384 e. The fourth-order valence-corrected chi connectivity index (χ4v) is 3.41. The number of sulfone groups is 1. The van der Waals surface area contributed by atoms with Crippen molar-refractivity contribution in [2.24, 2.45) is 0 Å². The highest BCUT2D eigenvalue weighted by Crippen LogP contribution is 2.25. The fourth-order valence-electron chi connectivity index (χ4n) is 2.50. The number of alkyl halides is 2. The topological polar surface area (TPSA) is 49.4 Å². The monoisotopic (exact) mass is 368 g/mol. The average molecular weight is 368 g/mol. The lowest BCUT2D eigenvalue weighted by Crippen LogP contribution is -2.21. The maximum atomic E-state index is 12.8. The Hall–Kier alpha value is -1.99. The molecule has 0 aliphatic rings. The Kier molecular flexibility index (Phi) is 6.90. The first-order chi connectivity index (χ1) is 11.9. The molecule has 0 spiro atoms. The third kappa shape index (κ3) is 5.51. The lowest BCUT2D eigenvalue weighted by molar-refractivity contribution is 0.235. The number of hydrogen-bond donors (Lipinski definition) is 1. The second-order valence-corrected chi connectivity index (χ2v) is 7.69. The van der Waals surface area contributed by atoms with Gasteiger partial charge in [-0.1, -0.05) is 42.5 Å². The van der Waals surface area contributed by atoms with Gasteiger partial charge in [-0.25, -0.2) is 8.42 Å². The zero-order valence-electron chi connectivity index (χ0n) is 14.0. The summed E-state index contributed by atoms with van der Waals surface area (Å²) in [6, 6.07) is 15.8. The second-order valence-electron chi connectivity index (χ2n) is 5.81. The molecule has 1 N–H and O–H groups in total. The van der Waals surface area contributed by atoms with Gasteiger partial charge in [0, 0.05) is 13.1 Å². The summed E-state index contributed by atoms with van der Waals surface area (Å²) in [5.74, 6) is -3.42. The molecule has 136 valence electrons. The molecule has 0 saturated carbocycles. The van der Waals surface area contributed by atoms with Gasteiger partial charge in [-0.05, 0) is 37.7 Å². The van der Waals surface area contributed by atoms with E-state index in [1.807, 2.05) is 25.2 Å². The van der Waals surface area contributed by atoms with Gasteiger partial charge < -0.3 is 10.2 Å². The summed E-state index contributed by atoms with van der Waals surface area (Å²) < 4.78 is 48.9. The van der Waals surface area contributed by atoms with Gasteiger partial charge in [-0.2, -0.15) is 8.78 Å². The molecular weight excluding hydrogens is 346 g/mol. The van der Waals surface area contributed by atoms with E-state index < -0.39 is 15.6 Å². The number of anilines is 1. The molecule has 2 aromatic rings. The molecule has 7 heteroatoms. The molecule has 2 aromatic carbocycles. The maximum Gasteiger partial charge on any atom is 0.341 e. The lowest BCUT2D eigenvalue weighted by Gasteiger charge is -2.17. The molecule has 0 radical (unpaired) electrons. The zero-order valence-corrected chi connectivity index (χ0v) is 14.8. The van der Waals surface area contributed by atoms with Gasteiger partial charge in [-0.15, -0.1) is 0 Å². The van der Waals surface area contributed by atoms with Crippen molar-refractivity contribution in [2.45, 2.75) is 23.6 Å². The van der Waals surface area contributed by atoms with Crippen LogP contribution in [0.5, 0.6) is 0 Å². The van der Waals surface area contributed by atoms with Crippen LogP contribution in [0.25, 0.3) is 0 Å². The highest BCUT2D eigenvalue weighted by Gasteiger charge is 2.28. The first kappa shape index (κ1) is 19.3. The first-order valence-electron chi connectivity index (χ1n) is 7.98. The van der Waals surface area contributed by atoms with E-state index in [0.29, 0.717) is 6.54 Å². The van der Waals surface area contributed by atoms with Crippen LogP contribution in [0.2, 0.25) is 0 Å². The highest BCUT2D eigenvalue weighted by molar-refractivity contribution is 7.91. The molecule has 2 rings (SSSR count). The fraction of sp³-hybridized carbons (Fsp3) is 0.333. The Morgan fingerprint density at radius 3 is 2.36 bits per heavy atom. The van der Waals surface area contributed by atoms with E-state index in [-0.39, 0.29) is 10.6 Å². The van der Waals surface area contributed by atoms with Crippen molar-refractivity contribution in [2.75, 3.05) is 25.5 Å². The predicted molar refractivity (Wildman–Crippen MR) is 95.5 cm³/mol. The first-order valence-corrected chi connectivity index (χ1v) is 9.53. The molecule has 0 saturated heterocycles. The summed E-state index contributed by atoms with van der Waals surface area (Å²) in [4.78, 5) is 1.79. The molecule has 0 amide bonds. The minimum atomic E-state index is -4.61. The van der Waals surface area contributed by atoms with Crippen molar-refractivity contribution in [3.8, 4) is 0 Å². The van der Waals surface area contributed by atoms with Crippen molar-refractivity contribution in [1.82, 2.24) is 4.90 Å². The molecule has 4 nitrogen and oxygen atoms in total. The third-order valence-electron chi connectivity index (χ3n) is 3.76. The molecule has 0 atom stereocenters. The number of rotatable bonds is 9. The van der Waals surface area contributed by atoms with Crippen LogP contribution >= 0.6 is 0 Å². The number of benzene rings is 2. The summed E-state index contributed by atoms with van der Waals surface area (Å²) >= 11 is 0. The smallest absolute Gasteiger partial charge is 0.341 e. The van der Waals surface area contributed by atoms with Crippen LogP contribution in [0.3, 0.4) is 0 Å². The minimum Gasteiger partial charge on any atom is -0.384 e. The molecule has 0 aliphatic heterocycles. The normalized spacial score (nSPS) is 11.9. The standard InChI is InChI=1S/C18H22F2N2O2S/c1-22(14-15-8-3-2-4-9-15)13-7-12-21-16-10-5-6-11-17(16)25(23,24)18(19)20/h2-6,8-11,18,21H,7,12-14H2,1H3. The molecule has 0 aliphatic carbocycles. The van der Waals surface area contributed by atoms with Gasteiger partial charge >= 0.3 is 5.76 Å². The minimum absolute atomic E-state index is 0.216. The Bertz CT molecular complexity index is 768. The van der Waals surface area contributed by atoms with Gasteiger partial charge in [0.1, 0.15) is 0 Å². The van der Waals surface area contributed by atoms with Crippen LogP contribution in [0, 0.1) is 0 Å². The van der Waals surface area contributed by atoms with E-state index in [2.05, 4.69) is 22.3 Å². The van der Waals surface area contributed by atoms with Crippen LogP contribution in [-0.2, 0) is 16.4 Å². The summed E-state index contributed by atoms with van der Waals surface area (Å²) in [5, 5.41) is 2.95. The lowest BCUT2D eigenvalue weighted by atomic mass is 10.2. The van der Waals surface area contributed by atoms with E-state index >= 15 is 0 Å². The van der Waals surface area contributed by atoms with Gasteiger partial charge in [0.25, 0.3) is 0 Å². The number of nitrogens with one attached hydrogen (secondary N) is 1. The molecular formula is C18H22F2N2O2S. The summed E-state index contributed by atoms with van der Waals surface area (Å²) in [6.07, 6.45) is 0.756. The molecule has 0 aromatic heterocycles. The second kappa shape index (κ2) is 8.92. The van der Waals surface area contributed by atoms with E-state index in [0.717, 1.165) is 19.5 Å². The van der Waals surface area contributed by atoms with Gasteiger partial charge in [0.05, 0.1) is 10.6 Å². The van der Waals surface area contributed by atoms with Crippen LogP contribution in [0.1, 0.15) is 12.0 Å². The SMILES string of the molecule is CN(CCCNc1ccccc1S(=O)(=O)C(F)F)Cc1ccccc1. The van der Waals surface area contributed by atoms with Crippen LogP contribution in [-0.4, -0.2) is 39.2 Å². The summed E-state index contributed by atoms with van der Waals surface area (Å²) in [6.45, 7) is 2.11. The number of hydrogen-bond acceptors (Lipinski definition) is 4. The van der Waals surface area contributed by atoms with Crippen LogP contribution in [0.15, 0.2) is 59.5 Å². The zero-order chi connectivity index (χ0) is 18.3. The van der Waals surface area contributed by atoms with Crippen LogP contribution in [0.4, 0.5) is 14.5 Å². The Labute approximate surface area is 147 Å². The number of para-hydroxylation sites is 1. The van der Waals surface area contributed by atoms with Gasteiger partial charge in [0.15, 0.2) is 0 Å². The van der Waals surface area contributed by atoms with Gasteiger partial charge in [-0.3, -0.25) is 0 Å². The van der Waals surface area contributed by atoms with E-state index in [9.17, 15) is 17.2 Å². The average Bonchev–Trinajstić information content (AvgIpc) is 2.59. The predicted octanol–water partition coefficient (Wildman–Crippen LogP) is 3.62. The molecule has 0 fully saturated rings. The number of nitrogens with zero attached hydrogens (tertiary/aromatic N) is 1. The van der Waals surface area contributed by atoms with Crippen molar-refractivity contribution >= 4 is 15.5 Å². The van der Waals surface area contributed by atoms with Gasteiger partial charge in [0.2, 0.25) is 9.84 Å². The van der Waals surface area contributed by atoms with Crippen molar-refractivity contribution < 1.29 is 17.2 Å². The summed E-state index contributed by atoms with van der Waals surface area (Å²) in [7, 11) is -2.61. The Balaban J connectivity index is 1.86. The van der Waals surface area contributed by atoms with E-state index in [1.54, 1.807) is 6.07 Å². The maximum absolute atomic E-state index is 12.8. The molecule has 0 heterocycles. The quantitative estimate of drug-likeness (QED) is 0.687. The van der Waals surface area contributed by atoms with Crippen molar-refractivity contribution in [3.05, 3.63) is 60.2 Å². The Morgan fingerprint density at radius 1 is 1.04 bits per heavy atom. The van der Waals surface area contributed by atoms with E-state index in [1.165, 1.54) is 23.8 Å².